The summed E-state index contributed by atoms with van der Waals surface area (Å²) in [6.45, 7) is 13.1. The maximum Gasteiger partial charge on any atom is 0.134 e. The summed E-state index contributed by atoms with van der Waals surface area (Å²) in [7, 11) is 1.79. The average molecular weight is 339 g/mol. The molecule has 2 saturated heterocycles. The minimum Gasteiger partial charge on any atom is -0.491 e. The van der Waals surface area contributed by atoms with Crippen LogP contribution in [0.15, 0.2) is 11.3 Å². The molecule has 0 saturated carbocycles. The highest BCUT2D eigenvalue weighted by Crippen LogP contribution is 2.40. The van der Waals surface area contributed by atoms with Crippen molar-refractivity contribution in [3.63, 3.8) is 0 Å². The van der Waals surface area contributed by atoms with Crippen molar-refractivity contribution in [2.24, 2.45) is 5.41 Å². The first-order chi connectivity index (χ1) is 11.6. The Morgan fingerprint density at radius 3 is 2.42 bits per heavy atom. The van der Waals surface area contributed by atoms with Gasteiger partial charge in [0.2, 0.25) is 0 Å². The molecular weight excluding hydrogens is 300 g/mol. The summed E-state index contributed by atoms with van der Waals surface area (Å²) in [5.74, 6) is 1.24. The molecule has 0 radical (unpaired) electrons. The zero-order valence-corrected chi connectivity index (χ0v) is 16.3. The van der Waals surface area contributed by atoms with Gasteiger partial charge >= 0.3 is 0 Å². The smallest absolute Gasteiger partial charge is 0.134 e. The number of ether oxygens (including phenoxy) is 2. The minimum absolute atomic E-state index is 0.135. The van der Waals surface area contributed by atoms with Gasteiger partial charge in [0.1, 0.15) is 11.9 Å². The Kier molecular flexibility index (Phi) is 8.05. The van der Waals surface area contributed by atoms with Crippen LogP contribution in [0.4, 0.5) is 0 Å². The molecule has 0 bridgehead atoms. The largest absolute Gasteiger partial charge is 0.491 e. The van der Waals surface area contributed by atoms with Crippen LogP contribution in [0.2, 0.25) is 0 Å². The summed E-state index contributed by atoms with van der Waals surface area (Å²) in [5, 5.41) is 3.48. The van der Waals surface area contributed by atoms with E-state index in [1.54, 1.807) is 7.11 Å². The van der Waals surface area contributed by atoms with Gasteiger partial charge in [-0.05, 0) is 70.8 Å². The summed E-state index contributed by atoms with van der Waals surface area (Å²) in [4.78, 5) is 2.55. The van der Waals surface area contributed by atoms with Crippen molar-refractivity contribution in [3.8, 4) is 0 Å². The van der Waals surface area contributed by atoms with E-state index in [1.807, 2.05) is 0 Å². The molecule has 2 aliphatic rings. The molecule has 2 rings (SSSR count). The summed E-state index contributed by atoms with van der Waals surface area (Å²) < 4.78 is 12.2. The number of nitrogens with zero attached hydrogens (tertiary/aromatic N) is 1. The lowest BCUT2D eigenvalue weighted by Crippen LogP contribution is -2.42. The van der Waals surface area contributed by atoms with Gasteiger partial charge in [0.15, 0.2) is 0 Å². The standard InChI is InChI=1S/C20H38N2O2/c1-5-17(2)19(20(3)9-11-21-12-10-20)24-18(16-23-4)15-22-13-7-6-8-14-22/h18,21H,5-16H2,1-4H3. The van der Waals surface area contributed by atoms with Gasteiger partial charge in [-0.2, -0.15) is 0 Å². The molecule has 1 atom stereocenters. The predicted molar refractivity (Wildman–Crippen MR) is 100 cm³/mol. The summed E-state index contributed by atoms with van der Waals surface area (Å²) >= 11 is 0. The van der Waals surface area contributed by atoms with Gasteiger partial charge in [-0.25, -0.2) is 0 Å². The van der Waals surface area contributed by atoms with Crippen molar-refractivity contribution in [1.82, 2.24) is 10.2 Å². The third-order valence-electron chi connectivity index (χ3n) is 5.72. The number of methoxy groups -OCH3 is 1. The molecular formula is C20H38N2O2. The number of rotatable bonds is 8. The number of allylic oxidation sites excluding steroid dienone is 2. The maximum atomic E-state index is 6.67. The Morgan fingerprint density at radius 1 is 1.17 bits per heavy atom. The van der Waals surface area contributed by atoms with Crippen LogP contribution in [0, 0.1) is 5.41 Å². The first kappa shape index (κ1) is 19.7. The molecule has 140 valence electrons. The fourth-order valence-corrected chi connectivity index (χ4v) is 4.03. The third-order valence-corrected chi connectivity index (χ3v) is 5.72. The van der Waals surface area contributed by atoms with E-state index >= 15 is 0 Å². The van der Waals surface area contributed by atoms with E-state index in [1.165, 1.54) is 43.7 Å². The average Bonchev–Trinajstić information content (AvgIpc) is 2.60. The molecule has 0 spiro atoms. The molecule has 2 heterocycles. The summed E-state index contributed by atoms with van der Waals surface area (Å²) in [6, 6.07) is 0. The molecule has 2 aliphatic heterocycles. The van der Waals surface area contributed by atoms with Crippen molar-refractivity contribution in [1.29, 1.82) is 0 Å². The first-order valence-electron chi connectivity index (χ1n) is 9.88. The van der Waals surface area contributed by atoms with E-state index in [4.69, 9.17) is 9.47 Å². The number of nitrogens with one attached hydrogen (secondary N) is 1. The van der Waals surface area contributed by atoms with E-state index < -0.39 is 0 Å². The van der Waals surface area contributed by atoms with Crippen LogP contribution in [0.1, 0.15) is 59.3 Å². The number of likely N-dealkylation sites (tertiary alicyclic amines) is 1. The predicted octanol–water partition coefficient (Wildman–Crippen LogP) is 3.58. The topological polar surface area (TPSA) is 33.7 Å². The molecule has 0 aromatic rings. The molecule has 1 unspecified atom stereocenters. The first-order valence-corrected chi connectivity index (χ1v) is 9.88. The monoisotopic (exact) mass is 338 g/mol. The van der Waals surface area contributed by atoms with Crippen molar-refractivity contribution in [2.75, 3.05) is 46.4 Å². The van der Waals surface area contributed by atoms with E-state index in [0.29, 0.717) is 6.61 Å². The van der Waals surface area contributed by atoms with Crippen molar-refractivity contribution in [2.45, 2.75) is 65.4 Å². The normalized spacial score (nSPS) is 24.3. The van der Waals surface area contributed by atoms with Crippen LogP contribution < -0.4 is 5.32 Å². The minimum atomic E-state index is 0.135. The quantitative estimate of drug-likeness (QED) is 0.686. The Hall–Kier alpha value is -0.580. The highest BCUT2D eigenvalue weighted by Gasteiger charge is 2.35. The van der Waals surface area contributed by atoms with Crippen molar-refractivity contribution in [3.05, 3.63) is 11.3 Å². The van der Waals surface area contributed by atoms with E-state index in [2.05, 4.69) is 31.0 Å². The van der Waals surface area contributed by atoms with Crippen LogP contribution in [0.5, 0.6) is 0 Å². The lowest BCUT2D eigenvalue weighted by atomic mass is 9.77. The highest BCUT2D eigenvalue weighted by atomic mass is 16.5. The molecule has 0 aromatic heterocycles. The van der Waals surface area contributed by atoms with Gasteiger partial charge in [0.05, 0.1) is 6.61 Å². The fraction of sp³-hybridized carbons (Fsp3) is 0.900. The molecule has 0 aromatic carbocycles. The van der Waals surface area contributed by atoms with Crippen LogP contribution in [0.3, 0.4) is 0 Å². The second kappa shape index (κ2) is 9.79. The lowest BCUT2D eigenvalue weighted by molar-refractivity contribution is -0.0169. The summed E-state index contributed by atoms with van der Waals surface area (Å²) in [5.41, 5.74) is 1.57. The fourth-order valence-electron chi connectivity index (χ4n) is 4.03. The Balaban J connectivity index is 2.09. The van der Waals surface area contributed by atoms with Crippen LogP contribution in [-0.2, 0) is 9.47 Å². The van der Waals surface area contributed by atoms with Gasteiger partial charge in [0, 0.05) is 19.1 Å². The molecule has 4 heteroatoms. The Morgan fingerprint density at radius 2 is 1.83 bits per heavy atom. The van der Waals surface area contributed by atoms with Gasteiger partial charge in [-0.3, -0.25) is 4.90 Å². The van der Waals surface area contributed by atoms with Crippen LogP contribution >= 0.6 is 0 Å². The molecule has 4 nitrogen and oxygen atoms in total. The highest BCUT2D eigenvalue weighted by molar-refractivity contribution is 5.16. The molecule has 0 amide bonds. The zero-order chi connectivity index (χ0) is 17.4. The Labute approximate surface area is 149 Å². The number of hydrogen-bond acceptors (Lipinski definition) is 4. The molecule has 24 heavy (non-hydrogen) atoms. The maximum absolute atomic E-state index is 6.67. The van der Waals surface area contributed by atoms with E-state index in [-0.39, 0.29) is 11.5 Å². The zero-order valence-electron chi connectivity index (χ0n) is 16.3. The van der Waals surface area contributed by atoms with Gasteiger partial charge in [-0.15, -0.1) is 0 Å². The SMILES string of the molecule is CCC(C)=C(OC(COC)CN1CCCCC1)C1(C)CCNCC1. The van der Waals surface area contributed by atoms with Crippen molar-refractivity contribution < 1.29 is 9.47 Å². The second-order valence-corrected chi connectivity index (χ2v) is 7.83. The van der Waals surface area contributed by atoms with Gasteiger partial charge in [-0.1, -0.05) is 20.3 Å². The molecule has 2 fully saturated rings. The molecule has 0 aliphatic carbocycles. The van der Waals surface area contributed by atoms with Crippen LogP contribution in [0.25, 0.3) is 0 Å². The second-order valence-electron chi connectivity index (χ2n) is 7.83. The summed E-state index contributed by atoms with van der Waals surface area (Å²) in [6.07, 6.45) is 7.52. The number of piperidine rings is 2. The number of hydrogen-bond donors (Lipinski definition) is 1. The Bertz CT molecular complexity index is 396. The van der Waals surface area contributed by atoms with Crippen LogP contribution in [-0.4, -0.2) is 57.4 Å². The van der Waals surface area contributed by atoms with Gasteiger partial charge in [0.25, 0.3) is 0 Å². The van der Waals surface area contributed by atoms with E-state index in [9.17, 15) is 0 Å². The van der Waals surface area contributed by atoms with Gasteiger partial charge < -0.3 is 14.8 Å². The van der Waals surface area contributed by atoms with Crippen molar-refractivity contribution >= 4 is 0 Å². The third kappa shape index (κ3) is 5.47. The molecule has 1 N–H and O–H groups in total. The lowest BCUT2D eigenvalue weighted by Gasteiger charge is -2.40. The van der Waals surface area contributed by atoms with E-state index in [0.717, 1.165) is 38.9 Å².